The highest BCUT2D eigenvalue weighted by molar-refractivity contribution is 6.30. The fourth-order valence-corrected chi connectivity index (χ4v) is 2.69. The first-order valence-corrected chi connectivity index (χ1v) is 10.4. The third-order valence-corrected chi connectivity index (χ3v) is 4.35. The molecule has 0 spiro atoms. The highest BCUT2D eigenvalue weighted by atomic mass is 35.5. The Bertz CT molecular complexity index is 934. The lowest BCUT2D eigenvalue weighted by atomic mass is 10.2. The van der Waals surface area contributed by atoms with Gasteiger partial charge in [-0.15, -0.1) is 0 Å². The van der Waals surface area contributed by atoms with Crippen molar-refractivity contribution >= 4 is 53.3 Å². The van der Waals surface area contributed by atoms with Gasteiger partial charge in [0.05, 0.1) is 13.2 Å². The van der Waals surface area contributed by atoms with E-state index in [-0.39, 0.29) is 24.6 Å². The van der Waals surface area contributed by atoms with E-state index in [1.54, 1.807) is 62.4 Å². The summed E-state index contributed by atoms with van der Waals surface area (Å²) in [7, 11) is 0. The van der Waals surface area contributed by atoms with Gasteiger partial charge in [0.25, 0.3) is 0 Å². The lowest BCUT2D eigenvalue weighted by Crippen LogP contribution is -2.39. The van der Waals surface area contributed by atoms with E-state index in [4.69, 9.17) is 32.7 Å². The number of hydrogen-bond donors (Lipinski definition) is 2. The molecule has 2 rings (SSSR count). The van der Waals surface area contributed by atoms with Crippen molar-refractivity contribution < 1.29 is 23.9 Å². The molecule has 0 atom stereocenters. The molecule has 2 amide bonds. The fourth-order valence-electron chi connectivity index (χ4n) is 2.44. The summed E-state index contributed by atoms with van der Waals surface area (Å²) in [6, 6.07) is 12.4. The molecule has 0 bridgehead atoms. The molecule has 2 N–H and O–H groups in total. The highest BCUT2D eigenvalue weighted by Gasteiger charge is 2.18. The monoisotopic (exact) mass is 476 g/mol. The summed E-state index contributed by atoms with van der Waals surface area (Å²) < 4.78 is 10.0. The van der Waals surface area contributed by atoms with Crippen LogP contribution in [0, 0.1) is 0 Å². The first kappa shape index (κ1) is 25.0. The van der Waals surface area contributed by atoms with Crippen LogP contribution in [0.5, 0.6) is 0 Å². The molecule has 32 heavy (non-hydrogen) atoms. The first-order valence-electron chi connectivity index (χ1n) is 9.69. The van der Waals surface area contributed by atoms with E-state index in [1.165, 1.54) is 12.2 Å². The Labute approximate surface area is 196 Å². The third kappa shape index (κ3) is 8.09. The van der Waals surface area contributed by atoms with Crippen LogP contribution in [0.2, 0.25) is 10.0 Å². The van der Waals surface area contributed by atoms with Crippen LogP contribution in [-0.2, 0) is 19.1 Å². The summed E-state index contributed by atoms with van der Waals surface area (Å²) in [6.07, 6.45) is 2.86. The molecule has 0 aromatic heterocycles. The van der Waals surface area contributed by atoms with E-state index in [0.29, 0.717) is 21.2 Å². The highest BCUT2D eigenvalue weighted by Crippen LogP contribution is 2.14. The minimum absolute atomic E-state index is 0.116. The zero-order valence-corrected chi connectivity index (χ0v) is 19.0. The van der Waals surface area contributed by atoms with E-state index in [1.807, 2.05) is 0 Å². The molecule has 0 aliphatic heterocycles. The number of halogens is 2. The van der Waals surface area contributed by atoms with Crippen molar-refractivity contribution in [1.29, 1.82) is 0 Å². The number of esters is 2. The Morgan fingerprint density at radius 1 is 0.719 bits per heavy atom. The van der Waals surface area contributed by atoms with E-state index in [2.05, 4.69) is 10.6 Å². The molecule has 0 aliphatic carbocycles. The molecule has 0 heterocycles. The van der Waals surface area contributed by atoms with Crippen molar-refractivity contribution in [1.82, 2.24) is 10.6 Å². The van der Waals surface area contributed by atoms with E-state index in [0.717, 1.165) is 0 Å². The molecule has 0 unspecified atom stereocenters. The quantitative estimate of drug-likeness (QED) is 0.421. The number of hydrogen-bond acceptors (Lipinski definition) is 5. The molecule has 0 aliphatic rings. The third-order valence-electron chi connectivity index (χ3n) is 3.85. The second-order valence-electron chi connectivity index (χ2n) is 6.24. The predicted molar refractivity (Wildman–Crippen MR) is 124 cm³/mol. The van der Waals surface area contributed by atoms with Crippen molar-refractivity contribution in [3.05, 3.63) is 81.1 Å². The van der Waals surface area contributed by atoms with Crippen molar-refractivity contribution in [2.45, 2.75) is 13.8 Å². The van der Waals surface area contributed by atoms with E-state index < -0.39 is 18.0 Å². The number of amides is 2. The maximum atomic E-state index is 12.6. The van der Waals surface area contributed by atoms with Crippen molar-refractivity contribution in [2.24, 2.45) is 0 Å². The average Bonchev–Trinajstić information content (AvgIpc) is 2.76. The Morgan fingerprint density at radius 3 is 1.38 bits per heavy atom. The zero-order chi connectivity index (χ0) is 23.5. The van der Waals surface area contributed by atoms with Crippen LogP contribution in [0.4, 0.5) is 4.79 Å². The molecule has 0 saturated carbocycles. The molecule has 7 nitrogen and oxygen atoms in total. The van der Waals surface area contributed by atoms with Gasteiger partial charge in [0.15, 0.2) is 0 Å². The molecule has 2 aromatic carbocycles. The van der Waals surface area contributed by atoms with Gasteiger partial charge in [-0.25, -0.2) is 14.4 Å². The largest absolute Gasteiger partial charge is 0.461 e. The predicted octanol–water partition coefficient (Wildman–Crippen LogP) is 4.80. The Hall–Kier alpha value is -3.29. The summed E-state index contributed by atoms with van der Waals surface area (Å²) in [4.78, 5) is 37.2. The van der Waals surface area contributed by atoms with Crippen molar-refractivity contribution in [2.75, 3.05) is 13.2 Å². The summed E-state index contributed by atoms with van der Waals surface area (Å²) >= 11 is 11.8. The molecule has 0 fully saturated rings. The van der Waals surface area contributed by atoms with Crippen molar-refractivity contribution in [3.8, 4) is 0 Å². The van der Waals surface area contributed by atoms with Crippen LogP contribution in [-0.4, -0.2) is 31.2 Å². The van der Waals surface area contributed by atoms with Crippen LogP contribution >= 0.6 is 23.2 Å². The summed E-state index contributed by atoms with van der Waals surface area (Å²) in [6.45, 7) is 3.52. The molecular weight excluding hydrogens is 455 g/mol. The van der Waals surface area contributed by atoms with Gasteiger partial charge in [-0.3, -0.25) is 0 Å². The zero-order valence-electron chi connectivity index (χ0n) is 17.5. The summed E-state index contributed by atoms with van der Waals surface area (Å²) in [5.74, 6) is -1.48. The maximum Gasteiger partial charge on any atom is 0.354 e. The van der Waals surface area contributed by atoms with E-state index in [9.17, 15) is 14.4 Å². The molecule has 0 saturated heterocycles. The molecule has 168 valence electrons. The number of nitrogens with one attached hydrogen (secondary N) is 2. The van der Waals surface area contributed by atoms with Crippen molar-refractivity contribution in [3.63, 3.8) is 0 Å². The average molecular weight is 477 g/mol. The van der Waals surface area contributed by atoms with Crippen LogP contribution in [0.3, 0.4) is 0 Å². The fraction of sp³-hybridized carbons (Fsp3) is 0.174. The smallest absolute Gasteiger partial charge is 0.354 e. The van der Waals surface area contributed by atoms with Gasteiger partial charge >= 0.3 is 18.0 Å². The maximum absolute atomic E-state index is 12.6. The van der Waals surface area contributed by atoms with Gasteiger partial charge in [0.1, 0.15) is 11.4 Å². The number of carbonyl (C=O) groups excluding carboxylic acids is 3. The second-order valence-corrected chi connectivity index (χ2v) is 7.11. The molecule has 2 aromatic rings. The van der Waals surface area contributed by atoms with Gasteiger partial charge < -0.3 is 20.1 Å². The van der Waals surface area contributed by atoms with Gasteiger partial charge in [0.2, 0.25) is 0 Å². The van der Waals surface area contributed by atoms with Gasteiger partial charge in [-0.05, 0) is 61.4 Å². The van der Waals surface area contributed by atoms with Crippen LogP contribution in [0.15, 0.2) is 59.9 Å². The summed E-state index contributed by atoms with van der Waals surface area (Å²) in [5.41, 5.74) is 0.975. The molecule has 0 radical (unpaired) electrons. The van der Waals surface area contributed by atoms with Gasteiger partial charge in [0, 0.05) is 10.0 Å². The lowest BCUT2D eigenvalue weighted by Gasteiger charge is -2.13. The molecular formula is C23H22Cl2N2O5. The number of ether oxygens (including phenoxy) is 2. The van der Waals surface area contributed by atoms with Gasteiger partial charge in [-0.2, -0.15) is 0 Å². The minimum atomic E-state index is -0.827. The normalized spacial score (nSPS) is 11.5. The first-order chi connectivity index (χ1) is 15.3. The lowest BCUT2D eigenvalue weighted by molar-refractivity contribution is -0.139. The SMILES string of the molecule is CCOC(=O)/C(=C/c1ccc(Cl)cc1)NC(=O)N/C(=C\c1ccc(Cl)cc1)C(=O)OCC. The summed E-state index contributed by atoms with van der Waals surface area (Å²) in [5, 5.41) is 5.89. The topological polar surface area (TPSA) is 93.7 Å². The van der Waals surface area contributed by atoms with Crippen LogP contribution < -0.4 is 10.6 Å². The van der Waals surface area contributed by atoms with Crippen LogP contribution in [0.25, 0.3) is 12.2 Å². The Morgan fingerprint density at radius 2 is 1.06 bits per heavy atom. The minimum Gasteiger partial charge on any atom is -0.461 e. The number of rotatable bonds is 8. The van der Waals surface area contributed by atoms with Gasteiger partial charge in [-0.1, -0.05) is 47.5 Å². The molecule has 9 heteroatoms. The van der Waals surface area contributed by atoms with Crippen LogP contribution in [0.1, 0.15) is 25.0 Å². The number of benzene rings is 2. The standard InChI is InChI=1S/C23H22Cl2N2O5/c1-3-31-21(28)19(13-15-5-9-17(24)10-6-15)26-23(30)27-20(22(29)32-4-2)14-16-7-11-18(25)12-8-16/h5-14H,3-4H2,1-2H3,(H2,26,27,30)/b19-13-,20-14-. The number of carbonyl (C=O) groups is 3. The van der Waals surface area contributed by atoms with E-state index >= 15 is 0 Å². The Balaban J connectivity index is 2.26. The second kappa shape index (κ2) is 12.5. The number of urea groups is 1. The Kier molecular flexibility index (Phi) is 9.78.